The Morgan fingerprint density at radius 2 is 1.33 bits per heavy atom. The van der Waals surface area contributed by atoms with E-state index < -0.39 is 41.8 Å². The lowest BCUT2D eigenvalue weighted by Crippen LogP contribution is -2.23. The van der Waals surface area contributed by atoms with Gasteiger partial charge in [-0.25, -0.2) is 0 Å². The highest BCUT2D eigenvalue weighted by Crippen LogP contribution is 1.94. The van der Waals surface area contributed by atoms with Crippen molar-refractivity contribution in [3.63, 3.8) is 0 Å². The SMILES string of the molecule is CC(=O)C(=O)CC(=O)C(=O)CC(=O)C=O. The van der Waals surface area contributed by atoms with Gasteiger partial charge in [0.15, 0.2) is 12.1 Å². The van der Waals surface area contributed by atoms with Crippen LogP contribution in [-0.4, -0.2) is 35.2 Å². The van der Waals surface area contributed by atoms with Crippen molar-refractivity contribution in [3.05, 3.63) is 0 Å². The van der Waals surface area contributed by atoms with E-state index in [0.29, 0.717) is 0 Å². The van der Waals surface area contributed by atoms with Gasteiger partial charge in [-0.1, -0.05) is 0 Å². The maximum absolute atomic E-state index is 10.9. The summed E-state index contributed by atoms with van der Waals surface area (Å²) in [5.74, 6) is -5.14. The first-order chi connectivity index (χ1) is 6.88. The van der Waals surface area contributed by atoms with Gasteiger partial charge in [0, 0.05) is 6.92 Å². The fourth-order valence-electron chi connectivity index (χ4n) is 0.667. The van der Waals surface area contributed by atoms with Crippen LogP contribution < -0.4 is 0 Å². The molecule has 0 N–H and O–H groups in total. The summed E-state index contributed by atoms with van der Waals surface area (Å²) in [5.41, 5.74) is 0. The van der Waals surface area contributed by atoms with E-state index in [1.807, 2.05) is 0 Å². The topological polar surface area (TPSA) is 102 Å². The average Bonchev–Trinajstić information content (AvgIpc) is 2.16. The van der Waals surface area contributed by atoms with Crippen molar-refractivity contribution >= 4 is 35.2 Å². The van der Waals surface area contributed by atoms with Gasteiger partial charge in [0.1, 0.15) is 0 Å². The largest absolute Gasteiger partial charge is 0.295 e. The molecule has 15 heavy (non-hydrogen) atoms. The second-order valence-electron chi connectivity index (χ2n) is 2.76. The molecule has 0 unspecified atom stereocenters. The summed E-state index contributed by atoms with van der Waals surface area (Å²) in [7, 11) is 0. The second-order valence-corrected chi connectivity index (χ2v) is 2.76. The average molecular weight is 212 g/mol. The van der Waals surface area contributed by atoms with E-state index in [-0.39, 0.29) is 6.29 Å². The monoisotopic (exact) mass is 212 g/mol. The molecule has 0 fully saturated rings. The second kappa shape index (κ2) is 5.69. The molecule has 0 heterocycles. The van der Waals surface area contributed by atoms with Gasteiger partial charge in [-0.2, -0.15) is 0 Å². The number of hydrogen-bond donors (Lipinski definition) is 0. The maximum atomic E-state index is 10.9. The van der Waals surface area contributed by atoms with Gasteiger partial charge in [0.05, 0.1) is 12.8 Å². The van der Waals surface area contributed by atoms with Crippen LogP contribution in [0.5, 0.6) is 0 Å². The van der Waals surface area contributed by atoms with Crippen LogP contribution >= 0.6 is 0 Å². The van der Waals surface area contributed by atoms with Crippen molar-refractivity contribution in [1.82, 2.24) is 0 Å². The molecule has 0 aromatic carbocycles. The highest BCUT2D eigenvalue weighted by atomic mass is 16.2. The molecule has 0 aliphatic rings. The molecule has 6 heteroatoms. The van der Waals surface area contributed by atoms with Crippen LogP contribution in [0.15, 0.2) is 0 Å². The van der Waals surface area contributed by atoms with Gasteiger partial charge in [0.25, 0.3) is 0 Å². The van der Waals surface area contributed by atoms with Crippen LogP contribution in [0.3, 0.4) is 0 Å². The Balaban J connectivity index is 4.29. The Morgan fingerprint density at radius 1 is 0.867 bits per heavy atom. The fraction of sp³-hybridized carbons (Fsp3) is 0.333. The zero-order chi connectivity index (χ0) is 12.0. The van der Waals surface area contributed by atoms with E-state index in [4.69, 9.17) is 0 Å². The molecule has 0 aromatic heterocycles. The van der Waals surface area contributed by atoms with Crippen LogP contribution in [0.2, 0.25) is 0 Å². The first-order valence-corrected chi connectivity index (χ1v) is 3.96. The van der Waals surface area contributed by atoms with E-state index in [9.17, 15) is 28.8 Å². The molecule has 6 nitrogen and oxygen atoms in total. The zero-order valence-electron chi connectivity index (χ0n) is 7.94. The third-order valence-electron chi connectivity index (χ3n) is 1.49. The van der Waals surface area contributed by atoms with Crippen molar-refractivity contribution in [1.29, 1.82) is 0 Å². The summed E-state index contributed by atoms with van der Waals surface area (Å²) in [6, 6.07) is 0. The fourth-order valence-corrected chi connectivity index (χ4v) is 0.667. The van der Waals surface area contributed by atoms with Crippen molar-refractivity contribution in [2.45, 2.75) is 19.8 Å². The van der Waals surface area contributed by atoms with E-state index >= 15 is 0 Å². The maximum Gasteiger partial charge on any atom is 0.206 e. The minimum atomic E-state index is -1.14. The predicted molar refractivity (Wildman–Crippen MR) is 46.0 cm³/mol. The van der Waals surface area contributed by atoms with Gasteiger partial charge in [-0.3, -0.25) is 28.8 Å². The molecule has 0 aliphatic heterocycles. The summed E-state index contributed by atoms with van der Waals surface area (Å²) in [4.78, 5) is 63.3. The van der Waals surface area contributed by atoms with Gasteiger partial charge < -0.3 is 0 Å². The van der Waals surface area contributed by atoms with Crippen LogP contribution in [-0.2, 0) is 28.8 Å². The summed E-state index contributed by atoms with van der Waals surface area (Å²) in [6.45, 7) is 0.969. The Hall–Kier alpha value is -1.98. The molecule has 0 aromatic rings. The first-order valence-electron chi connectivity index (χ1n) is 3.96. The van der Waals surface area contributed by atoms with E-state index in [0.717, 1.165) is 6.92 Å². The number of Topliss-reactive ketones (excluding diaryl/α,β-unsaturated/α-hetero) is 5. The molecule has 0 atom stereocenters. The lowest BCUT2D eigenvalue weighted by atomic mass is 10.1. The third-order valence-corrected chi connectivity index (χ3v) is 1.49. The zero-order valence-corrected chi connectivity index (χ0v) is 7.94. The molecule has 0 saturated carbocycles. The lowest BCUT2D eigenvalue weighted by molar-refractivity contribution is -0.143. The van der Waals surface area contributed by atoms with Gasteiger partial charge in [0.2, 0.25) is 23.1 Å². The number of hydrogen-bond acceptors (Lipinski definition) is 6. The third kappa shape index (κ3) is 4.70. The van der Waals surface area contributed by atoms with Crippen molar-refractivity contribution < 1.29 is 28.8 Å². The standard InChI is InChI=1S/C9H8O6/c1-5(11)7(13)3-9(15)8(14)2-6(12)4-10/h4H,2-3H2,1H3. The van der Waals surface area contributed by atoms with Crippen molar-refractivity contribution in [2.24, 2.45) is 0 Å². The van der Waals surface area contributed by atoms with Crippen molar-refractivity contribution in [3.8, 4) is 0 Å². The summed E-state index contributed by atoms with van der Waals surface area (Å²) >= 11 is 0. The molecule has 0 amide bonds. The molecule has 0 radical (unpaired) electrons. The molecule has 0 spiro atoms. The van der Waals surface area contributed by atoms with Crippen LogP contribution in [0.1, 0.15) is 19.8 Å². The molecule has 0 aliphatic carbocycles. The first kappa shape index (κ1) is 13.0. The molecule has 0 saturated heterocycles. The lowest BCUT2D eigenvalue weighted by Gasteiger charge is -1.94. The predicted octanol–water partition coefficient (Wildman–Crippen LogP) is -1.17. The quantitative estimate of drug-likeness (QED) is 0.299. The molecule has 0 rings (SSSR count). The van der Waals surface area contributed by atoms with Gasteiger partial charge >= 0.3 is 0 Å². The Morgan fingerprint density at radius 3 is 1.73 bits per heavy atom. The minimum absolute atomic E-state index is 0.0853. The Labute approximate surface area is 84.6 Å². The van der Waals surface area contributed by atoms with Crippen LogP contribution in [0, 0.1) is 0 Å². The normalized spacial score (nSPS) is 9.13. The number of rotatable bonds is 7. The number of aldehydes is 1. The summed E-state index contributed by atoms with van der Waals surface area (Å²) in [5, 5.41) is 0. The molecular weight excluding hydrogens is 204 g/mol. The highest BCUT2D eigenvalue weighted by molar-refractivity contribution is 6.51. The minimum Gasteiger partial charge on any atom is -0.295 e. The van der Waals surface area contributed by atoms with Gasteiger partial charge in [-0.05, 0) is 0 Å². The number of carbonyl (C=O) groups is 6. The molecule has 80 valence electrons. The molecule has 0 bridgehead atoms. The Kier molecular flexibility index (Phi) is 4.94. The summed E-state index contributed by atoms with van der Waals surface area (Å²) in [6.07, 6.45) is -1.79. The van der Waals surface area contributed by atoms with E-state index in [1.165, 1.54) is 0 Å². The van der Waals surface area contributed by atoms with Crippen LogP contribution in [0.25, 0.3) is 0 Å². The van der Waals surface area contributed by atoms with Crippen molar-refractivity contribution in [2.75, 3.05) is 0 Å². The summed E-state index contributed by atoms with van der Waals surface area (Å²) < 4.78 is 0. The van der Waals surface area contributed by atoms with Crippen LogP contribution in [0.4, 0.5) is 0 Å². The smallest absolute Gasteiger partial charge is 0.206 e. The van der Waals surface area contributed by atoms with E-state index in [1.54, 1.807) is 0 Å². The number of ketones is 5. The molecular formula is C9H8O6. The highest BCUT2D eigenvalue weighted by Gasteiger charge is 2.21. The Bertz CT molecular complexity index is 352. The number of carbonyl (C=O) groups excluding carboxylic acids is 6. The van der Waals surface area contributed by atoms with Gasteiger partial charge in [-0.15, -0.1) is 0 Å². The van der Waals surface area contributed by atoms with E-state index in [2.05, 4.69) is 0 Å².